The summed E-state index contributed by atoms with van der Waals surface area (Å²) in [6.45, 7) is 0.0219. The van der Waals surface area contributed by atoms with Crippen LogP contribution in [-0.4, -0.2) is 5.21 Å². The van der Waals surface area contributed by atoms with Crippen molar-refractivity contribution in [2.75, 3.05) is 0 Å². The molecule has 0 unspecified atom stereocenters. The molecular weight excluding hydrogens is 255 g/mol. The Morgan fingerprint density at radius 3 is 2.42 bits per heavy atom. The van der Waals surface area contributed by atoms with E-state index < -0.39 is 11.7 Å². The van der Waals surface area contributed by atoms with Crippen LogP contribution in [0.25, 0.3) is 0 Å². The van der Waals surface area contributed by atoms with Crippen molar-refractivity contribution in [3.63, 3.8) is 0 Å². The summed E-state index contributed by atoms with van der Waals surface area (Å²) in [7, 11) is 0. The second kappa shape index (κ2) is 5.92. The van der Waals surface area contributed by atoms with Gasteiger partial charge in [-0.25, -0.2) is 5.48 Å². The fourth-order valence-corrected chi connectivity index (χ4v) is 2.82. The molecule has 1 saturated carbocycles. The molecule has 0 radical (unpaired) electrons. The second-order valence-corrected chi connectivity index (χ2v) is 5.09. The van der Waals surface area contributed by atoms with Gasteiger partial charge in [0.25, 0.3) is 0 Å². The molecule has 0 amide bonds. The Hall–Kier alpha value is -1.07. The minimum Gasteiger partial charge on any atom is -0.316 e. The van der Waals surface area contributed by atoms with E-state index in [0.29, 0.717) is 11.1 Å². The van der Waals surface area contributed by atoms with Crippen molar-refractivity contribution >= 4 is 0 Å². The summed E-state index contributed by atoms with van der Waals surface area (Å²) in [5.74, 6) is 0.0153. The first-order valence-corrected chi connectivity index (χ1v) is 6.59. The molecule has 19 heavy (non-hydrogen) atoms. The van der Waals surface area contributed by atoms with Crippen LogP contribution in [0, 0.1) is 0 Å². The average molecular weight is 273 g/mol. The smallest absolute Gasteiger partial charge is 0.316 e. The first-order valence-electron chi connectivity index (χ1n) is 6.59. The van der Waals surface area contributed by atoms with Gasteiger partial charge in [-0.1, -0.05) is 31.4 Å². The molecule has 0 heterocycles. The number of nitrogens with one attached hydrogen (secondary N) is 1. The normalized spacial score (nSPS) is 17.7. The molecule has 0 aliphatic heterocycles. The van der Waals surface area contributed by atoms with Gasteiger partial charge in [0.05, 0.1) is 5.56 Å². The highest BCUT2D eigenvalue weighted by molar-refractivity contribution is 5.37. The number of alkyl halides is 3. The van der Waals surface area contributed by atoms with Crippen LogP contribution in [0.15, 0.2) is 18.2 Å². The number of hydrogen-bond acceptors (Lipinski definition) is 2. The predicted octanol–water partition coefficient (Wildman–Crippen LogP) is 4.23. The predicted molar refractivity (Wildman–Crippen MR) is 65.9 cm³/mol. The van der Waals surface area contributed by atoms with Crippen LogP contribution in [0.4, 0.5) is 13.2 Å². The molecule has 5 heteroatoms. The number of hydroxylamine groups is 1. The van der Waals surface area contributed by atoms with Crippen LogP contribution < -0.4 is 5.48 Å². The molecule has 0 aromatic heterocycles. The molecule has 106 valence electrons. The Bertz CT molecular complexity index is 425. The third-order valence-corrected chi connectivity index (χ3v) is 3.75. The lowest BCUT2D eigenvalue weighted by atomic mass is 9.81. The van der Waals surface area contributed by atoms with E-state index in [-0.39, 0.29) is 12.5 Å². The lowest BCUT2D eigenvalue weighted by molar-refractivity contribution is -0.138. The molecule has 1 fully saturated rings. The number of rotatable bonds is 3. The third kappa shape index (κ3) is 3.48. The van der Waals surface area contributed by atoms with Gasteiger partial charge in [-0.2, -0.15) is 13.2 Å². The van der Waals surface area contributed by atoms with E-state index in [1.165, 1.54) is 0 Å². The van der Waals surface area contributed by atoms with Crippen LogP contribution in [0.3, 0.4) is 0 Å². The molecule has 0 spiro atoms. The summed E-state index contributed by atoms with van der Waals surface area (Å²) < 4.78 is 39.4. The summed E-state index contributed by atoms with van der Waals surface area (Å²) in [6, 6.07) is 4.38. The first-order chi connectivity index (χ1) is 9.02. The van der Waals surface area contributed by atoms with Crippen molar-refractivity contribution in [3.8, 4) is 0 Å². The molecule has 2 N–H and O–H groups in total. The molecule has 0 atom stereocenters. The van der Waals surface area contributed by atoms with E-state index in [2.05, 4.69) is 0 Å². The monoisotopic (exact) mass is 273 g/mol. The summed E-state index contributed by atoms with van der Waals surface area (Å²) in [5, 5.41) is 8.60. The van der Waals surface area contributed by atoms with Gasteiger partial charge in [0.15, 0.2) is 0 Å². The molecule has 0 bridgehead atoms. The van der Waals surface area contributed by atoms with Crippen LogP contribution in [0.5, 0.6) is 0 Å². The van der Waals surface area contributed by atoms with Gasteiger partial charge in [0.2, 0.25) is 0 Å². The van der Waals surface area contributed by atoms with Crippen LogP contribution in [-0.2, 0) is 12.7 Å². The summed E-state index contributed by atoms with van der Waals surface area (Å²) in [4.78, 5) is 0. The van der Waals surface area contributed by atoms with E-state index in [4.69, 9.17) is 5.21 Å². The fraction of sp³-hybridized carbons (Fsp3) is 0.571. The maximum Gasteiger partial charge on any atom is 0.416 e. The minimum atomic E-state index is -4.34. The van der Waals surface area contributed by atoms with Gasteiger partial charge in [0, 0.05) is 6.54 Å². The molecule has 2 nitrogen and oxygen atoms in total. The van der Waals surface area contributed by atoms with E-state index in [1.807, 2.05) is 5.48 Å². The van der Waals surface area contributed by atoms with Gasteiger partial charge < -0.3 is 5.21 Å². The highest BCUT2D eigenvalue weighted by atomic mass is 19.4. The zero-order chi connectivity index (χ0) is 13.9. The largest absolute Gasteiger partial charge is 0.416 e. The zero-order valence-corrected chi connectivity index (χ0v) is 10.6. The second-order valence-electron chi connectivity index (χ2n) is 5.09. The van der Waals surface area contributed by atoms with Gasteiger partial charge in [-0.3, -0.25) is 0 Å². The molecule has 1 aromatic rings. The lowest BCUT2D eigenvalue weighted by Crippen LogP contribution is -2.16. The van der Waals surface area contributed by atoms with Crippen molar-refractivity contribution in [2.24, 2.45) is 0 Å². The van der Waals surface area contributed by atoms with E-state index >= 15 is 0 Å². The fourth-order valence-electron chi connectivity index (χ4n) is 2.82. The number of benzene rings is 1. The van der Waals surface area contributed by atoms with E-state index in [1.54, 1.807) is 12.1 Å². The standard InChI is InChI=1S/C14H18F3NO/c15-14(16,17)13-8-10(9-18-19)6-7-12(13)11-4-2-1-3-5-11/h6-8,11,18-19H,1-5,9H2. The van der Waals surface area contributed by atoms with Crippen molar-refractivity contribution in [1.29, 1.82) is 0 Å². The summed E-state index contributed by atoms with van der Waals surface area (Å²) >= 11 is 0. The number of hydrogen-bond donors (Lipinski definition) is 2. The van der Waals surface area contributed by atoms with Crippen molar-refractivity contribution < 1.29 is 18.4 Å². The molecular formula is C14H18F3NO. The summed E-state index contributed by atoms with van der Waals surface area (Å²) in [6.07, 6.45) is 0.452. The van der Waals surface area contributed by atoms with Crippen molar-refractivity contribution in [1.82, 2.24) is 5.48 Å². The molecule has 0 saturated heterocycles. The third-order valence-electron chi connectivity index (χ3n) is 3.75. The molecule has 1 aromatic carbocycles. The minimum absolute atomic E-state index is 0.0153. The Kier molecular flexibility index (Phi) is 4.47. The lowest BCUT2D eigenvalue weighted by Gasteiger charge is -2.25. The highest BCUT2D eigenvalue weighted by Gasteiger charge is 2.35. The quantitative estimate of drug-likeness (QED) is 0.808. The topological polar surface area (TPSA) is 32.3 Å². The average Bonchev–Trinajstić information content (AvgIpc) is 2.39. The van der Waals surface area contributed by atoms with Gasteiger partial charge in [-0.15, -0.1) is 0 Å². The van der Waals surface area contributed by atoms with E-state index in [9.17, 15) is 13.2 Å². The Balaban J connectivity index is 2.35. The van der Waals surface area contributed by atoms with Crippen LogP contribution in [0.1, 0.15) is 54.7 Å². The maximum atomic E-state index is 13.1. The van der Waals surface area contributed by atoms with Crippen LogP contribution in [0.2, 0.25) is 0 Å². The van der Waals surface area contributed by atoms with Crippen molar-refractivity contribution in [3.05, 3.63) is 34.9 Å². The van der Waals surface area contributed by atoms with Crippen LogP contribution >= 0.6 is 0 Å². The van der Waals surface area contributed by atoms with Gasteiger partial charge >= 0.3 is 6.18 Å². The first kappa shape index (κ1) is 14.3. The van der Waals surface area contributed by atoms with Gasteiger partial charge in [-0.05, 0) is 36.0 Å². The Labute approximate surface area is 110 Å². The van der Waals surface area contributed by atoms with E-state index in [0.717, 1.165) is 38.2 Å². The molecule has 2 rings (SSSR count). The Morgan fingerprint density at radius 1 is 1.16 bits per heavy atom. The van der Waals surface area contributed by atoms with Crippen molar-refractivity contribution in [2.45, 2.75) is 50.7 Å². The maximum absolute atomic E-state index is 13.1. The number of halogens is 3. The SMILES string of the molecule is ONCc1ccc(C2CCCCC2)c(C(F)(F)F)c1. The summed E-state index contributed by atoms with van der Waals surface area (Å²) in [5.41, 5.74) is 2.20. The Morgan fingerprint density at radius 2 is 1.84 bits per heavy atom. The highest BCUT2D eigenvalue weighted by Crippen LogP contribution is 2.40. The van der Waals surface area contributed by atoms with Gasteiger partial charge in [0.1, 0.15) is 0 Å². The molecule has 1 aliphatic rings. The zero-order valence-electron chi connectivity index (χ0n) is 10.6. The molecule has 1 aliphatic carbocycles.